The Labute approximate surface area is 175 Å². The van der Waals surface area contributed by atoms with Crippen LogP contribution in [0.3, 0.4) is 0 Å². The first-order valence-corrected chi connectivity index (χ1v) is 10.9. The molecule has 10 heteroatoms. The van der Waals surface area contributed by atoms with Crippen LogP contribution < -0.4 is 20.9 Å². The standard InChI is InChI=1S/C20H26N4O5S/c1-15-7-3-4-10-18(15)30(28,29)23-17-9-6-12-24(20(17)27)13-19(26)22-16(14-25)8-5-11-21-2/h3-4,6-7,9-10,12,14,16,21,23H,5,8,11,13H2,1-2H3,(H,22,26)/t16-/m0/s1. The zero-order chi connectivity index (χ0) is 22.1. The number of nitrogens with zero attached hydrogens (tertiary/aromatic N) is 1. The molecule has 3 N–H and O–H groups in total. The average molecular weight is 435 g/mol. The first kappa shape index (κ1) is 23.3. The number of aldehydes is 1. The molecule has 9 nitrogen and oxygen atoms in total. The van der Waals surface area contributed by atoms with Gasteiger partial charge in [-0.2, -0.15) is 0 Å². The quantitative estimate of drug-likeness (QED) is 0.352. The number of hydrogen-bond acceptors (Lipinski definition) is 6. The van der Waals surface area contributed by atoms with Crippen LogP contribution in [0.15, 0.2) is 52.3 Å². The summed E-state index contributed by atoms with van der Waals surface area (Å²) in [5, 5.41) is 5.53. The summed E-state index contributed by atoms with van der Waals surface area (Å²) in [6, 6.07) is 8.56. The van der Waals surface area contributed by atoms with Gasteiger partial charge in [-0.1, -0.05) is 18.2 Å². The summed E-state index contributed by atoms with van der Waals surface area (Å²) in [4.78, 5) is 36.1. The van der Waals surface area contributed by atoms with E-state index in [1.165, 1.54) is 24.4 Å². The number of hydrogen-bond donors (Lipinski definition) is 3. The summed E-state index contributed by atoms with van der Waals surface area (Å²) in [6.45, 7) is 2.03. The van der Waals surface area contributed by atoms with E-state index >= 15 is 0 Å². The number of nitrogens with one attached hydrogen (secondary N) is 3. The maximum atomic E-state index is 12.6. The highest BCUT2D eigenvalue weighted by molar-refractivity contribution is 7.92. The van der Waals surface area contributed by atoms with Gasteiger partial charge in [0.15, 0.2) is 0 Å². The SMILES string of the molecule is CNCCC[C@@H](C=O)NC(=O)Cn1cccc(NS(=O)(=O)c2ccccc2C)c1=O. The molecule has 162 valence electrons. The Morgan fingerprint density at radius 3 is 2.60 bits per heavy atom. The third-order valence-electron chi connectivity index (χ3n) is 4.41. The lowest BCUT2D eigenvalue weighted by Crippen LogP contribution is -2.40. The lowest BCUT2D eigenvalue weighted by atomic mass is 10.2. The molecule has 0 aliphatic heterocycles. The van der Waals surface area contributed by atoms with Crippen molar-refractivity contribution in [3.63, 3.8) is 0 Å². The molecule has 1 amide bonds. The lowest BCUT2D eigenvalue weighted by Gasteiger charge is -2.14. The van der Waals surface area contributed by atoms with Gasteiger partial charge in [0.05, 0.1) is 10.9 Å². The molecule has 0 aliphatic rings. The average Bonchev–Trinajstić information content (AvgIpc) is 2.70. The fourth-order valence-corrected chi connectivity index (χ4v) is 4.18. The summed E-state index contributed by atoms with van der Waals surface area (Å²) < 4.78 is 28.6. The molecule has 1 atom stereocenters. The Kier molecular flexibility index (Phi) is 8.31. The molecule has 0 bridgehead atoms. The van der Waals surface area contributed by atoms with Crippen LogP contribution in [0.1, 0.15) is 18.4 Å². The highest BCUT2D eigenvalue weighted by Crippen LogP contribution is 2.17. The van der Waals surface area contributed by atoms with Crippen LogP contribution in [-0.4, -0.2) is 44.8 Å². The minimum absolute atomic E-state index is 0.0629. The van der Waals surface area contributed by atoms with Gasteiger partial charge in [0.1, 0.15) is 18.5 Å². The van der Waals surface area contributed by atoms with E-state index in [-0.39, 0.29) is 17.1 Å². The number of aromatic nitrogens is 1. The van der Waals surface area contributed by atoms with Crippen molar-refractivity contribution in [2.75, 3.05) is 18.3 Å². The van der Waals surface area contributed by atoms with Crippen molar-refractivity contribution in [3.05, 3.63) is 58.5 Å². The van der Waals surface area contributed by atoms with E-state index in [4.69, 9.17) is 0 Å². The predicted molar refractivity (Wildman–Crippen MR) is 114 cm³/mol. The Hall–Kier alpha value is -2.98. The van der Waals surface area contributed by atoms with Crippen LogP contribution in [0, 0.1) is 6.92 Å². The van der Waals surface area contributed by atoms with Crippen LogP contribution in [0.4, 0.5) is 5.69 Å². The van der Waals surface area contributed by atoms with Crippen LogP contribution in [0.5, 0.6) is 0 Å². The molecule has 1 heterocycles. The zero-order valence-electron chi connectivity index (χ0n) is 16.9. The summed E-state index contributed by atoms with van der Waals surface area (Å²) in [5.41, 5.74) is -0.295. The van der Waals surface area contributed by atoms with Crippen LogP contribution in [-0.2, 0) is 26.2 Å². The molecule has 0 fully saturated rings. The number of anilines is 1. The molecule has 0 radical (unpaired) electrons. The second kappa shape index (κ2) is 10.7. The highest BCUT2D eigenvalue weighted by atomic mass is 32.2. The minimum Gasteiger partial charge on any atom is -0.345 e. The summed E-state index contributed by atoms with van der Waals surface area (Å²) in [6.07, 6.45) is 3.21. The third kappa shape index (κ3) is 6.26. The van der Waals surface area contributed by atoms with Gasteiger partial charge >= 0.3 is 0 Å². The molecule has 30 heavy (non-hydrogen) atoms. The van der Waals surface area contributed by atoms with E-state index in [0.29, 0.717) is 31.2 Å². The predicted octanol–water partition coefficient (Wildman–Crippen LogP) is 0.641. The van der Waals surface area contributed by atoms with E-state index in [0.717, 1.165) is 4.57 Å². The Balaban J connectivity index is 2.13. The summed E-state index contributed by atoms with van der Waals surface area (Å²) in [5.74, 6) is -0.516. The lowest BCUT2D eigenvalue weighted by molar-refractivity contribution is -0.124. The molecular formula is C20H26N4O5S. The van der Waals surface area contributed by atoms with Crippen molar-refractivity contribution >= 4 is 27.9 Å². The van der Waals surface area contributed by atoms with Crippen molar-refractivity contribution < 1.29 is 18.0 Å². The van der Waals surface area contributed by atoms with Crippen molar-refractivity contribution in [1.82, 2.24) is 15.2 Å². The number of carbonyl (C=O) groups is 2. The Bertz CT molecular complexity index is 1050. The first-order valence-electron chi connectivity index (χ1n) is 9.45. The fraction of sp³-hybridized carbons (Fsp3) is 0.350. The van der Waals surface area contributed by atoms with Crippen molar-refractivity contribution in [2.45, 2.75) is 37.2 Å². The number of rotatable bonds is 11. The van der Waals surface area contributed by atoms with Gasteiger partial charge in [-0.05, 0) is 57.1 Å². The van der Waals surface area contributed by atoms with E-state index in [2.05, 4.69) is 15.4 Å². The molecule has 0 saturated carbocycles. The maximum absolute atomic E-state index is 12.6. The van der Waals surface area contributed by atoms with Gasteiger partial charge in [0, 0.05) is 6.20 Å². The summed E-state index contributed by atoms with van der Waals surface area (Å²) >= 11 is 0. The van der Waals surface area contributed by atoms with E-state index in [1.54, 1.807) is 32.2 Å². The van der Waals surface area contributed by atoms with Gasteiger partial charge in [-0.3, -0.25) is 14.3 Å². The number of amides is 1. The van der Waals surface area contributed by atoms with Crippen molar-refractivity contribution in [1.29, 1.82) is 0 Å². The monoisotopic (exact) mass is 434 g/mol. The van der Waals surface area contributed by atoms with Gasteiger partial charge in [-0.15, -0.1) is 0 Å². The number of aryl methyl sites for hydroxylation is 1. The number of benzene rings is 1. The normalized spacial score (nSPS) is 12.2. The topological polar surface area (TPSA) is 126 Å². The number of carbonyl (C=O) groups excluding carboxylic acids is 2. The second-order valence-electron chi connectivity index (χ2n) is 6.78. The smallest absolute Gasteiger partial charge is 0.275 e. The number of pyridine rings is 1. The van der Waals surface area contributed by atoms with Crippen LogP contribution in [0.25, 0.3) is 0 Å². The minimum atomic E-state index is -3.96. The Morgan fingerprint density at radius 1 is 1.20 bits per heavy atom. The van der Waals surface area contributed by atoms with Gasteiger partial charge in [-0.25, -0.2) is 8.42 Å². The maximum Gasteiger partial charge on any atom is 0.275 e. The van der Waals surface area contributed by atoms with E-state index in [9.17, 15) is 22.8 Å². The summed E-state index contributed by atoms with van der Waals surface area (Å²) in [7, 11) is -2.17. The molecule has 0 spiro atoms. The Morgan fingerprint density at radius 2 is 1.93 bits per heavy atom. The molecule has 2 rings (SSSR count). The van der Waals surface area contributed by atoms with E-state index in [1.807, 2.05) is 0 Å². The molecule has 0 saturated heterocycles. The zero-order valence-corrected chi connectivity index (χ0v) is 17.7. The fourth-order valence-electron chi connectivity index (χ4n) is 2.88. The van der Waals surface area contributed by atoms with Crippen molar-refractivity contribution in [3.8, 4) is 0 Å². The van der Waals surface area contributed by atoms with Gasteiger partial charge < -0.3 is 20.0 Å². The molecule has 1 aromatic heterocycles. The molecule has 0 unspecified atom stereocenters. The van der Waals surface area contributed by atoms with Crippen LogP contribution in [0.2, 0.25) is 0 Å². The number of sulfonamides is 1. The molecular weight excluding hydrogens is 408 g/mol. The van der Waals surface area contributed by atoms with Crippen LogP contribution >= 0.6 is 0 Å². The van der Waals surface area contributed by atoms with Gasteiger partial charge in [0.2, 0.25) is 5.91 Å². The largest absolute Gasteiger partial charge is 0.345 e. The molecule has 0 aliphatic carbocycles. The second-order valence-corrected chi connectivity index (χ2v) is 8.43. The molecule has 1 aromatic carbocycles. The molecule has 2 aromatic rings. The van der Waals surface area contributed by atoms with Gasteiger partial charge in [0.25, 0.3) is 15.6 Å². The highest BCUT2D eigenvalue weighted by Gasteiger charge is 2.19. The van der Waals surface area contributed by atoms with Crippen molar-refractivity contribution in [2.24, 2.45) is 0 Å². The first-order chi connectivity index (χ1) is 14.3. The van der Waals surface area contributed by atoms with E-state index < -0.39 is 27.5 Å². The third-order valence-corrected chi connectivity index (χ3v) is 5.94.